The number of benzene rings is 2. The molecule has 3 rings (SSSR count). The van der Waals surface area contributed by atoms with Crippen LogP contribution in [-0.4, -0.2) is 10.8 Å². The Morgan fingerprint density at radius 2 is 1.70 bits per heavy atom. The monoisotopic (exact) mass is 480 g/mol. The summed E-state index contributed by atoms with van der Waals surface area (Å²) < 4.78 is 2.92. The van der Waals surface area contributed by atoms with E-state index in [4.69, 9.17) is 0 Å². The maximum atomic E-state index is 12.2. The number of aromatic nitrogens is 2. The summed E-state index contributed by atoms with van der Waals surface area (Å²) in [5.41, 5.74) is 2.69. The van der Waals surface area contributed by atoms with Gasteiger partial charge in [0, 0.05) is 20.8 Å². The number of hydrogen-bond donors (Lipinski definition) is 0. The zero-order valence-corrected chi connectivity index (χ0v) is 15.9. The van der Waals surface area contributed by atoms with Crippen LogP contribution in [-0.2, 0) is 6.54 Å². The third kappa shape index (κ3) is 4.68. The summed E-state index contributed by atoms with van der Waals surface area (Å²) in [4.78, 5) is 16.6. The van der Waals surface area contributed by atoms with Crippen molar-refractivity contribution in [3.05, 3.63) is 82.3 Å². The lowest BCUT2D eigenvalue weighted by Gasteiger charge is -2.01. The largest absolute Gasteiger partial charge is 1.00 e. The van der Waals surface area contributed by atoms with Gasteiger partial charge in [0.2, 0.25) is 5.78 Å². The number of hydrogen-bond acceptors (Lipinski definition) is 2. The molecule has 0 aliphatic carbocycles. The van der Waals surface area contributed by atoms with Gasteiger partial charge in [-0.15, -0.1) is 0 Å². The lowest BCUT2D eigenvalue weighted by atomic mass is 10.1. The van der Waals surface area contributed by atoms with E-state index < -0.39 is 0 Å². The van der Waals surface area contributed by atoms with Gasteiger partial charge >= 0.3 is 0 Å². The quantitative estimate of drug-likeness (QED) is 0.310. The Labute approximate surface area is 159 Å². The highest BCUT2D eigenvalue weighted by atomic mass is 127. The molecule has 0 radical (unpaired) electrons. The molecule has 0 fully saturated rings. The molecule has 0 bridgehead atoms. The van der Waals surface area contributed by atoms with Crippen molar-refractivity contribution in [3.8, 4) is 11.3 Å². The van der Waals surface area contributed by atoms with E-state index in [0.29, 0.717) is 6.54 Å². The summed E-state index contributed by atoms with van der Waals surface area (Å²) in [5.74, 6) is 0.0793. The number of nitrogens with zero attached hydrogens (tertiary/aromatic N) is 2. The zero-order chi connectivity index (χ0) is 15.4. The molecule has 0 N–H and O–H groups in total. The summed E-state index contributed by atoms with van der Waals surface area (Å²) in [6, 6.07) is 19.5. The molecule has 0 amide bonds. The highest BCUT2D eigenvalue weighted by Crippen LogP contribution is 2.13. The molecule has 0 unspecified atom stereocenters. The summed E-state index contributed by atoms with van der Waals surface area (Å²) in [6.07, 6.45) is 3.59. The van der Waals surface area contributed by atoms with Crippen molar-refractivity contribution in [2.24, 2.45) is 0 Å². The van der Waals surface area contributed by atoms with Crippen molar-refractivity contribution in [2.45, 2.75) is 6.54 Å². The van der Waals surface area contributed by atoms with Gasteiger partial charge in [0.25, 0.3) is 6.33 Å². The van der Waals surface area contributed by atoms with E-state index in [2.05, 4.69) is 27.6 Å². The lowest BCUT2D eigenvalue weighted by Crippen LogP contribution is -3.00. The van der Waals surface area contributed by atoms with Crippen LogP contribution in [0.4, 0.5) is 0 Å². The van der Waals surface area contributed by atoms with Gasteiger partial charge in [0.15, 0.2) is 12.2 Å². The summed E-state index contributed by atoms with van der Waals surface area (Å²) in [5, 5.41) is 0. The van der Waals surface area contributed by atoms with Gasteiger partial charge in [-0.2, -0.15) is 0 Å². The average molecular weight is 481 g/mol. The Bertz CT molecular complexity index is 774. The van der Waals surface area contributed by atoms with Gasteiger partial charge in [-0.3, -0.25) is 4.79 Å². The van der Waals surface area contributed by atoms with E-state index in [9.17, 15) is 4.79 Å². The molecule has 23 heavy (non-hydrogen) atoms. The molecular formula is C18H14BrIN2O. The van der Waals surface area contributed by atoms with E-state index in [1.54, 1.807) is 10.9 Å². The Balaban J connectivity index is 0.00000192. The van der Waals surface area contributed by atoms with Crippen LogP contribution in [0.15, 0.2) is 73.2 Å². The minimum Gasteiger partial charge on any atom is -1.00 e. The van der Waals surface area contributed by atoms with Crippen molar-refractivity contribution in [2.75, 3.05) is 0 Å². The lowest BCUT2D eigenvalue weighted by molar-refractivity contribution is -0.686. The van der Waals surface area contributed by atoms with Gasteiger partial charge in [-0.1, -0.05) is 42.5 Å². The minimum absolute atomic E-state index is 0. The minimum atomic E-state index is 0. The number of ketones is 1. The standard InChI is InChI=1S/C18H14IN2O.BrH/c19-16-8-6-15(7-9-16)18(22)12-21-11-10-17(20-13-21)14-4-2-1-3-5-14;/h1-11,13H,12H2;1H/q+1;/p-1. The number of carbonyl (C=O) groups excluding carboxylic acids is 1. The second-order valence-electron chi connectivity index (χ2n) is 4.91. The normalized spacial score (nSPS) is 9.96. The van der Waals surface area contributed by atoms with Crippen molar-refractivity contribution in [3.63, 3.8) is 0 Å². The predicted octanol–water partition coefficient (Wildman–Crippen LogP) is 0.528. The molecule has 1 aromatic heterocycles. The van der Waals surface area contributed by atoms with Gasteiger partial charge < -0.3 is 17.0 Å². The fraction of sp³-hybridized carbons (Fsp3) is 0.0556. The van der Waals surface area contributed by atoms with E-state index in [-0.39, 0.29) is 22.8 Å². The average Bonchev–Trinajstić information content (AvgIpc) is 2.57. The molecule has 3 nitrogen and oxygen atoms in total. The Hall–Kier alpha value is -1.60. The van der Waals surface area contributed by atoms with Crippen LogP contribution < -0.4 is 21.5 Å². The Morgan fingerprint density at radius 3 is 2.30 bits per heavy atom. The number of Topliss-reactive ketones (excluding diaryl/α,β-unsaturated/α-hetero) is 1. The first kappa shape index (κ1) is 17.7. The molecule has 0 atom stereocenters. The first-order valence-electron chi connectivity index (χ1n) is 6.92. The molecule has 1 heterocycles. The molecule has 3 aromatic rings. The second-order valence-corrected chi connectivity index (χ2v) is 6.16. The van der Waals surface area contributed by atoms with Gasteiger partial charge in [0.1, 0.15) is 0 Å². The summed E-state index contributed by atoms with van der Waals surface area (Å²) >= 11 is 2.23. The molecule has 0 saturated heterocycles. The van der Waals surface area contributed by atoms with Crippen molar-refractivity contribution >= 4 is 28.4 Å². The van der Waals surface area contributed by atoms with Crippen LogP contribution >= 0.6 is 22.6 Å². The molecule has 5 heteroatoms. The van der Waals surface area contributed by atoms with E-state index >= 15 is 0 Å². The zero-order valence-electron chi connectivity index (χ0n) is 12.2. The smallest absolute Gasteiger partial charge is 0.287 e. The molecule has 116 valence electrons. The van der Waals surface area contributed by atoms with Crippen LogP contribution in [0.3, 0.4) is 0 Å². The Morgan fingerprint density at radius 1 is 1.00 bits per heavy atom. The molecular weight excluding hydrogens is 467 g/mol. The van der Waals surface area contributed by atoms with Crippen molar-refractivity contribution in [1.82, 2.24) is 4.98 Å². The van der Waals surface area contributed by atoms with Crippen LogP contribution in [0.25, 0.3) is 11.3 Å². The molecule has 0 spiro atoms. The van der Waals surface area contributed by atoms with Crippen LogP contribution in [0.1, 0.15) is 10.4 Å². The predicted molar refractivity (Wildman–Crippen MR) is 93.4 cm³/mol. The van der Waals surface area contributed by atoms with Crippen LogP contribution in [0, 0.1) is 3.57 Å². The fourth-order valence-electron chi connectivity index (χ4n) is 2.15. The van der Waals surface area contributed by atoms with E-state index in [1.807, 2.05) is 66.9 Å². The van der Waals surface area contributed by atoms with Crippen molar-refractivity contribution < 1.29 is 26.3 Å². The van der Waals surface area contributed by atoms with Crippen molar-refractivity contribution in [1.29, 1.82) is 0 Å². The highest BCUT2D eigenvalue weighted by Gasteiger charge is 2.11. The van der Waals surface area contributed by atoms with E-state index in [0.717, 1.165) is 20.4 Å². The van der Waals surface area contributed by atoms with E-state index in [1.165, 1.54) is 0 Å². The third-order valence-electron chi connectivity index (χ3n) is 3.33. The van der Waals surface area contributed by atoms with Crippen LogP contribution in [0.5, 0.6) is 0 Å². The summed E-state index contributed by atoms with van der Waals surface area (Å²) in [6.45, 7) is 0.294. The first-order chi connectivity index (χ1) is 10.7. The summed E-state index contributed by atoms with van der Waals surface area (Å²) in [7, 11) is 0. The topological polar surface area (TPSA) is 33.8 Å². The van der Waals surface area contributed by atoms with Gasteiger partial charge in [-0.05, 0) is 39.7 Å². The van der Waals surface area contributed by atoms with Crippen LogP contribution in [0.2, 0.25) is 0 Å². The first-order valence-corrected chi connectivity index (χ1v) is 7.99. The molecule has 0 aliphatic heterocycles. The number of rotatable bonds is 4. The molecule has 0 aliphatic rings. The fourth-order valence-corrected chi connectivity index (χ4v) is 2.51. The maximum absolute atomic E-state index is 12.2. The number of halogens is 2. The highest BCUT2D eigenvalue weighted by molar-refractivity contribution is 14.1. The molecule has 2 aromatic carbocycles. The van der Waals surface area contributed by atoms with Gasteiger partial charge in [0.05, 0.1) is 6.20 Å². The Kier molecular flexibility index (Phi) is 6.41. The third-order valence-corrected chi connectivity index (χ3v) is 4.05. The second kappa shape index (κ2) is 8.31. The molecule has 0 saturated carbocycles. The number of carbonyl (C=O) groups is 1. The maximum Gasteiger partial charge on any atom is 0.287 e. The SMILES string of the molecule is O=C(C[n+]1ccc(-c2ccccc2)nc1)c1ccc(I)cc1.[Br-]. The van der Waals surface area contributed by atoms with Gasteiger partial charge in [-0.25, -0.2) is 4.57 Å².